The van der Waals surface area contributed by atoms with E-state index >= 15 is 0 Å². The Kier molecular flexibility index (Phi) is 3.04. The molecule has 2 aromatic rings. The van der Waals surface area contributed by atoms with E-state index in [0.717, 1.165) is 34.9 Å². The minimum absolute atomic E-state index is 0.171. The largest absolute Gasteiger partial charge is 0.321 e. The second kappa shape index (κ2) is 4.44. The van der Waals surface area contributed by atoms with Crippen molar-refractivity contribution in [2.45, 2.75) is 24.8 Å². The Balaban J connectivity index is 1.97. The Morgan fingerprint density at radius 2 is 2.22 bits per heavy atom. The topological polar surface area (TPSA) is 26.0 Å². The molecule has 1 heterocycles. The Labute approximate surface area is 118 Å². The first-order chi connectivity index (χ1) is 8.58. The van der Waals surface area contributed by atoms with Gasteiger partial charge in [0.1, 0.15) is 5.82 Å². The van der Waals surface area contributed by atoms with Crippen molar-refractivity contribution in [1.82, 2.24) is 0 Å². The highest BCUT2D eigenvalue weighted by atomic mass is 79.9. The molecule has 94 valence electrons. The molecule has 1 aromatic carbocycles. The minimum Gasteiger partial charge on any atom is -0.321 e. The fraction of sp³-hybridized carbons (Fsp3) is 0.286. The smallest absolute Gasteiger partial charge is 0.123 e. The van der Waals surface area contributed by atoms with Crippen molar-refractivity contribution in [3.8, 4) is 0 Å². The SMILES string of the molecule is NC1(Cc2sccc2Br)CCc2cc(F)ccc21. The predicted molar refractivity (Wildman–Crippen MR) is 76.3 cm³/mol. The number of nitrogens with two attached hydrogens (primary N) is 1. The summed E-state index contributed by atoms with van der Waals surface area (Å²) in [7, 11) is 0. The van der Waals surface area contributed by atoms with E-state index in [1.807, 2.05) is 12.1 Å². The van der Waals surface area contributed by atoms with Gasteiger partial charge in [0.2, 0.25) is 0 Å². The van der Waals surface area contributed by atoms with E-state index in [2.05, 4.69) is 21.3 Å². The van der Waals surface area contributed by atoms with Crippen LogP contribution in [0.15, 0.2) is 34.1 Å². The number of aryl methyl sites for hydroxylation is 1. The quantitative estimate of drug-likeness (QED) is 0.887. The van der Waals surface area contributed by atoms with Crippen LogP contribution in [0, 0.1) is 5.82 Å². The molecule has 0 spiro atoms. The van der Waals surface area contributed by atoms with Crippen molar-refractivity contribution >= 4 is 27.3 Å². The average molecular weight is 326 g/mol. The van der Waals surface area contributed by atoms with Gasteiger partial charge in [-0.1, -0.05) is 6.07 Å². The molecule has 0 radical (unpaired) electrons. The average Bonchev–Trinajstić information content (AvgIpc) is 2.85. The molecule has 18 heavy (non-hydrogen) atoms. The molecule has 0 saturated carbocycles. The summed E-state index contributed by atoms with van der Waals surface area (Å²) in [6.07, 6.45) is 2.56. The first-order valence-corrected chi connectivity index (χ1v) is 7.55. The van der Waals surface area contributed by atoms with Gasteiger partial charge in [0.05, 0.1) is 0 Å². The van der Waals surface area contributed by atoms with Crippen LogP contribution < -0.4 is 5.73 Å². The third kappa shape index (κ3) is 2.02. The lowest BCUT2D eigenvalue weighted by atomic mass is 9.89. The lowest BCUT2D eigenvalue weighted by Gasteiger charge is -2.25. The van der Waals surface area contributed by atoms with Gasteiger partial charge in [0.15, 0.2) is 0 Å². The van der Waals surface area contributed by atoms with Crippen molar-refractivity contribution in [3.63, 3.8) is 0 Å². The summed E-state index contributed by atoms with van der Waals surface area (Å²) < 4.78 is 14.3. The number of halogens is 2. The lowest BCUT2D eigenvalue weighted by Crippen LogP contribution is -2.36. The van der Waals surface area contributed by atoms with Gasteiger partial charge in [0, 0.05) is 21.3 Å². The number of rotatable bonds is 2. The molecule has 0 bridgehead atoms. The third-order valence-corrected chi connectivity index (χ3v) is 5.54. The van der Waals surface area contributed by atoms with Gasteiger partial charge in [0.25, 0.3) is 0 Å². The molecule has 0 saturated heterocycles. The summed E-state index contributed by atoms with van der Waals surface area (Å²) in [5.74, 6) is -0.171. The monoisotopic (exact) mass is 325 g/mol. The van der Waals surface area contributed by atoms with Gasteiger partial charge in [-0.25, -0.2) is 4.39 Å². The number of benzene rings is 1. The van der Waals surface area contributed by atoms with E-state index in [0.29, 0.717) is 0 Å². The Hall–Kier alpha value is -0.710. The molecule has 1 aliphatic carbocycles. The van der Waals surface area contributed by atoms with Crippen LogP contribution in [0.25, 0.3) is 0 Å². The van der Waals surface area contributed by atoms with Gasteiger partial charge >= 0.3 is 0 Å². The minimum atomic E-state index is -0.351. The van der Waals surface area contributed by atoms with Gasteiger partial charge in [-0.15, -0.1) is 11.3 Å². The molecule has 4 heteroatoms. The van der Waals surface area contributed by atoms with E-state index in [4.69, 9.17) is 5.73 Å². The van der Waals surface area contributed by atoms with Gasteiger partial charge in [-0.2, -0.15) is 0 Å². The highest BCUT2D eigenvalue weighted by Gasteiger charge is 2.35. The summed E-state index contributed by atoms with van der Waals surface area (Å²) in [6, 6.07) is 7.02. The molecular formula is C14H13BrFNS. The zero-order chi connectivity index (χ0) is 12.8. The Bertz CT molecular complexity index is 595. The zero-order valence-electron chi connectivity index (χ0n) is 9.75. The normalized spacial score (nSPS) is 22.2. The van der Waals surface area contributed by atoms with Crippen molar-refractivity contribution in [3.05, 3.63) is 55.9 Å². The Morgan fingerprint density at radius 1 is 1.39 bits per heavy atom. The molecule has 2 N–H and O–H groups in total. The number of hydrogen-bond acceptors (Lipinski definition) is 2. The number of thiophene rings is 1. The van der Waals surface area contributed by atoms with E-state index < -0.39 is 0 Å². The maximum absolute atomic E-state index is 13.2. The van der Waals surface area contributed by atoms with Crippen molar-refractivity contribution in [1.29, 1.82) is 0 Å². The summed E-state index contributed by atoms with van der Waals surface area (Å²) in [6.45, 7) is 0. The second-order valence-corrected chi connectivity index (χ2v) is 6.68. The molecule has 1 nitrogen and oxygen atoms in total. The van der Waals surface area contributed by atoms with Crippen LogP contribution in [0.3, 0.4) is 0 Å². The number of hydrogen-bond donors (Lipinski definition) is 1. The number of fused-ring (bicyclic) bond motifs is 1. The third-order valence-electron chi connectivity index (χ3n) is 3.61. The van der Waals surface area contributed by atoms with Crippen LogP contribution in [0.1, 0.15) is 22.4 Å². The molecule has 1 aromatic heterocycles. The van der Waals surface area contributed by atoms with E-state index in [9.17, 15) is 4.39 Å². The van der Waals surface area contributed by atoms with Crippen LogP contribution in [0.4, 0.5) is 4.39 Å². The summed E-state index contributed by atoms with van der Waals surface area (Å²) in [5.41, 5.74) is 8.35. The van der Waals surface area contributed by atoms with Crippen molar-refractivity contribution in [2.24, 2.45) is 5.73 Å². The van der Waals surface area contributed by atoms with Crippen LogP contribution in [-0.2, 0) is 18.4 Å². The second-order valence-electron chi connectivity index (χ2n) is 4.83. The first kappa shape index (κ1) is 12.3. The zero-order valence-corrected chi connectivity index (χ0v) is 12.2. The molecule has 3 rings (SSSR count). The van der Waals surface area contributed by atoms with Crippen LogP contribution in [0.5, 0.6) is 0 Å². The van der Waals surface area contributed by atoms with Crippen molar-refractivity contribution < 1.29 is 4.39 Å². The molecule has 1 aliphatic rings. The summed E-state index contributed by atoms with van der Waals surface area (Å²) in [4.78, 5) is 1.26. The molecule has 0 aliphatic heterocycles. The molecule has 1 atom stereocenters. The first-order valence-electron chi connectivity index (χ1n) is 5.88. The summed E-state index contributed by atoms with van der Waals surface area (Å²) in [5, 5.41) is 2.06. The standard InChI is InChI=1S/C14H13BrFNS/c15-12-4-6-18-13(12)8-14(17)5-3-9-7-10(16)1-2-11(9)14/h1-2,4,6-7H,3,5,8,17H2. The Morgan fingerprint density at radius 3 is 2.94 bits per heavy atom. The highest BCUT2D eigenvalue weighted by molar-refractivity contribution is 9.10. The van der Waals surface area contributed by atoms with E-state index in [-0.39, 0.29) is 11.4 Å². The van der Waals surface area contributed by atoms with Gasteiger partial charge in [-0.3, -0.25) is 0 Å². The molecule has 0 fully saturated rings. The van der Waals surface area contributed by atoms with Crippen LogP contribution in [0.2, 0.25) is 0 Å². The van der Waals surface area contributed by atoms with Crippen LogP contribution >= 0.6 is 27.3 Å². The van der Waals surface area contributed by atoms with Gasteiger partial charge < -0.3 is 5.73 Å². The summed E-state index contributed by atoms with van der Waals surface area (Å²) >= 11 is 5.26. The fourth-order valence-electron chi connectivity index (χ4n) is 2.67. The molecule has 0 amide bonds. The predicted octanol–water partition coefficient (Wildman–Crippen LogP) is 3.99. The van der Waals surface area contributed by atoms with Crippen LogP contribution in [-0.4, -0.2) is 0 Å². The molecular weight excluding hydrogens is 313 g/mol. The maximum atomic E-state index is 13.2. The van der Waals surface area contributed by atoms with E-state index in [1.165, 1.54) is 10.9 Å². The lowest BCUT2D eigenvalue weighted by molar-refractivity contribution is 0.441. The molecule has 1 unspecified atom stereocenters. The van der Waals surface area contributed by atoms with Gasteiger partial charge in [-0.05, 0) is 63.5 Å². The fourth-order valence-corrected chi connectivity index (χ4v) is 4.29. The highest BCUT2D eigenvalue weighted by Crippen LogP contribution is 2.39. The maximum Gasteiger partial charge on any atom is 0.123 e. The van der Waals surface area contributed by atoms with E-state index in [1.54, 1.807) is 17.4 Å². The van der Waals surface area contributed by atoms with Crippen molar-refractivity contribution in [2.75, 3.05) is 0 Å².